The fourth-order valence-corrected chi connectivity index (χ4v) is 1.49. The molecule has 0 bridgehead atoms. The number of carbonyl (C=O) groups is 2. The van der Waals surface area contributed by atoms with Gasteiger partial charge in [0, 0.05) is 32.9 Å². The number of Topliss-reactive ketones (excluding diaryl/α,β-unsaturated/α-hetero) is 1. The highest BCUT2D eigenvalue weighted by Crippen LogP contribution is 2.11. The van der Waals surface area contributed by atoms with E-state index in [0.717, 1.165) is 6.42 Å². The Bertz CT molecular complexity index is 341. The molecule has 0 saturated carbocycles. The number of ketones is 1. The number of esters is 1. The fraction of sp³-hybridized carbons (Fsp3) is 0.692. The number of unbranched alkanes of at least 4 members (excludes halogenated alkanes) is 1. The number of hydrogen-bond acceptors (Lipinski definition) is 5. The Morgan fingerprint density at radius 3 is 2.26 bits per heavy atom. The molecule has 1 atom stereocenters. The number of methoxy groups -OCH3 is 3. The fourth-order valence-electron chi connectivity index (χ4n) is 1.35. The second-order valence-corrected chi connectivity index (χ2v) is 4.01. The van der Waals surface area contributed by atoms with Crippen molar-refractivity contribution >= 4 is 23.4 Å². The van der Waals surface area contributed by atoms with Gasteiger partial charge in [-0.05, 0) is 6.42 Å². The molecular weight excluding hydrogens is 272 g/mol. The highest BCUT2D eigenvalue weighted by molar-refractivity contribution is 6.17. The van der Waals surface area contributed by atoms with E-state index in [1.165, 1.54) is 21.3 Å². The van der Waals surface area contributed by atoms with Crippen LogP contribution in [0.25, 0.3) is 0 Å². The van der Waals surface area contributed by atoms with Crippen molar-refractivity contribution in [2.75, 3.05) is 27.2 Å². The SMILES string of the molecule is COC(=O)C(CC#CCCCCl)C(=O)C(OC)OC. The van der Waals surface area contributed by atoms with Crippen molar-refractivity contribution in [3.05, 3.63) is 0 Å². The molecule has 0 aliphatic carbocycles. The standard InChI is InChI=1S/C13H19ClO5/c1-17-12(16)10(8-6-4-5-7-9-14)11(15)13(18-2)19-3/h10,13H,5,7-9H2,1-3H3. The number of carbonyl (C=O) groups excluding carboxylic acids is 2. The Kier molecular flexibility index (Phi) is 10.2. The largest absolute Gasteiger partial charge is 0.468 e. The first-order valence-electron chi connectivity index (χ1n) is 5.81. The second kappa shape index (κ2) is 10.8. The third kappa shape index (κ3) is 6.58. The summed E-state index contributed by atoms with van der Waals surface area (Å²) >= 11 is 5.52. The van der Waals surface area contributed by atoms with Gasteiger partial charge in [-0.3, -0.25) is 9.59 Å². The van der Waals surface area contributed by atoms with Gasteiger partial charge in [-0.1, -0.05) is 0 Å². The Labute approximate surface area is 118 Å². The molecule has 0 aromatic carbocycles. The van der Waals surface area contributed by atoms with Crippen LogP contribution in [0.2, 0.25) is 0 Å². The van der Waals surface area contributed by atoms with Crippen LogP contribution in [0.4, 0.5) is 0 Å². The lowest BCUT2D eigenvalue weighted by Crippen LogP contribution is -2.36. The van der Waals surface area contributed by atoms with Crippen molar-refractivity contribution in [3.8, 4) is 11.8 Å². The van der Waals surface area contributed by atoms with Crippen LogP contribution in [0.15, 0.2) is 0 Å². The highest BCUT2D eigenvalue weighted by Gasteiger charge is 2.32. The van der Waals surface area contributed by atoms with E-state index in [4.69, 9.17) is 21.1 Å². The van der Waals surface area contributed by atoms with E-state index in [1.807, 2.05) is 0 Å². The van der Waals surface area contributed by atoms with Gasteiger partial charge in [0.15, 0.2) is 0 Å². The Morgan fingerprint density at radius 1 is 1.16 bits per heavy atom. The molecule has 0 fully saturated rings. The summed E-state index contributed by atoms with van der Waals surface area (Å²) in [6, 6.07) is 0. The van der Waals surface area contributed by atoms with Crippen LogP contribution in [0.3, 0.4) is 0 Å². The number of alkyl halides is 1. The van der Waals surface area contributed by atoms with Crippen molar-refractivity contribution in [1.82, 2.24) is 0 Å². The van der Waals surface area contributed by atoms with Crippen molar-refractivity contribution in [3.63, 3.8) is 0 Å². The van der Waals surface area contributed by atoms with Gasteiger partial charge < -0.3 is 14.2 Å². The van der Waals surface area contributed by atoms with E-state index in [1.54, 1.807) is 0 Å². The summed E-state index contributed by atoms with van der Waals surface area (Å²) in [5.74, 6) is 4.02. The van der Waals surface area contributed by atoms with Crippen molar-refractivity contribution < 1.29 is 23.8 Å². The van der Waals surface area contributed by atoms with Gasteiger partial charge in [-0.2, -0.15) is 0 Å². The molecule has 19 heavy (non-hydrogen) atoms. The summed E-state index contributed by atoms with van der Waals surface area (Å²) in [6.45, 7) is 0. The number of hydrogen-bond donors (Lipinski definition) is 0. The molecule has 0 aliphatic rings. The van der Waals surface area contributed by atoms with Crippen LogP contribution in [-0.2, 0) is 23.8 Å². The maximum Gasteiger partial charge on any atom is 0.317 e. The van der Waals surface area contributed by atoms with E-state index < -0.39 is 24.0 Å². The van der Waals surface area contributed by atoms with Gasteiger partial charge in [0.25, 0.3) is 0 Å². The van der Waals surface area contributed by atoms with Crippen LogP contribution in [-0.4, -0.2) is 45.3 Å². The molecular formula is C13H19ClO5. The zero-order chi connectivity index (χ0) is 14.7. The second-order valence-electron chi connectivity index (χ2n) is 3.63. The molecule has 6 heteroatoms. The van der Waals surface area contributed by atoms with Gasteiger partial charge in [-0.15, -0.1) is 23.4 Å². The molecule has 0 heterocycles. The van der Waals surface area contributed by atoms with Gasteiger partial charge >= 0.3 is 5.97 Å². The minimum absolute atomic E-state index is 0.0804. The maximum atomic E-state index is 12.0. The van der Waals surface area contributed by atoms with Gasteiger partial charge in [-0.25, -0.2) is 0 Å². The lowest BCUT2D eigenvalue weighted by atomic mass is 10.00. The van der Waals surface area contributed by atoms with Crippen molar-refractivity contribution in [2.45, 2.75) is 25.6 Å². The molecule has 0 saturated heterocycles. The van der Waals surface area contributed by atoms with Gasteiger partial charge in [0.2, 0.25) is 12.1 Å². The average Bonchev–Trinajstić information content (AvgIpc) is 2.43. The van der Waals surface area contributed by atoms with Crippen LogP contribution in [0.5, 0.6) is 0 Å². The molecule has 0 aliphatic heterocycles. The van der Waals surface area contributed by atoms with Crippen molar-refractivity contribution in [1.29, 1.82) is 0 Å². The molecule has 108 valence electrons. The molecule has 0 N–H and O–H groups in total. The van der Waals surface area contributed by atoms with Crippen LogP contribution < -0.4 is 0 Å². The summed E-state index contributed by atoms with van der Waals surface area (Å²) in [5, 5.41) is 0. The van der Waals surface area contributed by atoms with Gasteiger partial charge in [0.05, 0.1) is 7.11 Å². The normalized spacial score (nSPS) is 11.6. The Balaban J connectivity index is 4.66. The first kappa shape index (κ1) is 17.9. The molecule has 0 spiro atoms. The summed E-state index contributed by atoms with van der Waals surface area (Å²) < 4.78 is 14.3. The van der Waals surface area contributed by atoms with E-state index in [9.17, 15) is 9.59 Å². The molecule has 0 amide bonds. The molecule has 1 unspecified atom stereocenters. The smallest absolute Gasteiger partial charge is 0.317 e. The Morgan fingerprint density at radius 2 is 1.79 bits per heavy atom. The minimum Gasteiger partial charge on any atom is -0.468 e. The van der Waals surface area contributed by atoms with Crippen LogP contribution in [0, 0.1) is 17.8 Å². The highest BCUT2D eigenvalue weighted by atomic mass is 35.5. The minimum atomic E-state index is -1.09. The van der Waals surface area contributed by atoms with Gasteiger partial charge in [0.1, 0.15) is 5.92 Å². The van der Waals surface area contributed by atoms with E-state index in [0.29, 0.717) is 12.3 Å². The number of rotatable bonds is 8. The van der Waals surface area contributed by atoms with Crippen LogP contribution >= 0.6 is 11.6 Å². The van der Waals surface area contributed by atoms with E-state index in [2.05, 4.69) is 16.6 Å². The summed E-state index contributed by atoms with van der Waals surface area (Å²) in [7, 11) is 3.87. The Hall–Kier alpha value is -1.09. The third-order valence-electron chi connectivity index (χ3n) is 2.36. The number of halogens is 1. The lowest BCUT2D eigenvalue weighted by molar-refractivity contribution is -0.167. The molecule has 5 nitrogen and oxygen atoms in total. The zero-order valence-electron chi connectivity index (χ0n) is 11.4. The molecule has 0 aromatic heterocycles. The zero-order valence-corrected chi connectivity index (χ0v) is 12.2. The first-order valence-corrected chi connectivity index (χ1v) is 6.34. The first-order chi connectivity index (χ1) is 9.12. The number of ether oxygens (including phenoxy) is 3. The third-order valence-corrected chi connectivity index (χ3v) is 2.62. The molecule has 0 radical (unpaired) electrons. The average molecular weight is 291 g/mol. The summed E-state index contributed by atoms with van der Waals surface area (Å²) in [5.41, 5.74) is 0. The van der Waals surface area contributed by atoms with E-state index in [-0.39, 0.29) is 6.42 Å². The molecule has 0 rings (SSSR count). The summed E-state index contributed by atoms with van der Waals surface area (Å²) in [6.07, 6.45) is 0.388. The van der Waals surface area contributed by atoms with Crippen molar-refractivity contribution in [2.24, 2.45) is 5.92 Å². The predicted octanol–water partition coefficient (Wildman–Crippen LogP) is 1.38. The lowest BCUT2D eigenvalue weighted by Gasteiger charge is -2.16. The van der Waals surface area contributed by atoms with Crippen LogP contribution in [0.1, 0.15) is 19.3 Å². The summed E-state index contributed by atoms with van der Waals surface area (Å²) in [4.78, 5) is 23.6. The van der Waals surface area contributed by atoms with E-state index >= 15 is 0 Å². The monoisotopic (exact) mass is 290 g/mol. The molecule has 0 aromatic rings. The quantitative estimate of drug-likeness (QED) is 0.169. The maximum absolute atomic E-state index is 12.0. The predicted molar refractivity (Wildman–Crippen MR) is 70.7 cm³/mol. The topological polar surface area (TPSA) is 61.8 Å².